The Hall–Kier alpha value is -0.830. The van der Waals surface area contributed by atoms with E-state index in [0.29, 0.717) is 0 Å². The predicted octanol–water partition coefficient (Wildman–Crippen LogP) is 2.36. The molecule has 0 aromatic carbocycles. The SMILES string of the molecule is CCc1nn(C)cc1CNCC(C)C(C)C. The number of aryl methyl sites for hydroxylation is 2. The number of nitrogens with one attached hydrogen (secondary N) is 1. The van der Waals surface area contributed by atoms with E-state index in [4.69, 9.17) is 0 Å². The fourth-order valence-electron chi connectivity index (χ4n) is 1.70. The molecule has 0 aliphatic carbocycles. The molecule has 0 fully saturated rings. The van der Waals surface area contributed by atoms with Gasteiger partial charge >= 0.3 is 0 Å². The Balaban J connectivity index is 2.42. The van der Waals surface area contributed by atoms with Crippen LogP contribution in [0.2, 0.25) is 0 Å². The van der Waals surface area contributed by atoms with Gasteiger partial charge in [-0.05, 0) is 24.8 Å². The normalized spacial score (nSPS) is 13.4. The third-order valence-corrected chi connectivity index (χ3v) is 3.25. The lowest BCUT2D eigenvalue weighted by Crippen LogP contribution is -2.24. The first-order valence-corrected chi connectivity index (χ1v) is 6.26. The Morgan fingerprint density at radius 2 is 2.06 bits per heavy atom. The van der Waals surface area contributed by atoms with E-state index < -0.39 is 0 Å². The van der Waals surface area contributed by atoms with E-state index in [0.717, 1.165) is 31.3 Å². The van der Waals surface area contributed by atoms with Crippen LogP contribution in [-0.2, 0) is 20.0 Å². The third kappa shape index (κ3) is 3.63. The highest BCUT2D eigenvalue weighted by Gasteiger charge is 2.08. The van der Waals surface area contributed by atoms with Crippen LogP contribution in [0, 0.1) is 11.8 Å². The quantitative estimate of drug-likeness (QED) is 0.802. The van der Waals surface area contributed by atoms with Gasteiger partial charge in [0.2, 0.25) is 0 Å². The van der Waals surface area contributed by atoms with Crippen LogP contribution in [0.25, 0.3) is 0 Å². The largest absolute Gasteiger partial charge is 0.312 e. The molecule has 0 aliphatic heterocycles. The molecule has 92 valence electrons. The highest BCUT2D eigenvalue weighted by molar-refractivity contribution is 5.16. The molecule has 1 atom stereocenters. The number of hydrogen-bond acceptors (Lipinski definition) is 2. The Kier molecular flexibility index (Phi) is 5.00. The van der Waals surface area contributed by atoms with E-state index in [2.05, 4.69) is 44.3 Å². The molecule has 0 aliphatic rings. The highest BCUT2D eigenvalue weighted by Crippen LogP contribution is 2.10. The van der Waals surface area contributed by atoms with Crippen LogP contribution in [0.4, 0.5) is 0 Å². The molecule has 0 amide bonds. The van der Waals surface area contributed by atoms with E-state index >= 15 is 0 Å². The molecule has 0 saturated carbocycles. The minimum atomic E-state index is 0.724. The zero-order valence-electron chi connectivity index (χ0n) is 11.2. The van der Waals surface area contributed by atoms with Gasteiger partial charge in [0.1, 0.15) is 0 Å². The van der Waals surface area contributed by atoms with Gasteiger partial charge in [-0.2, -0.15) is 5.10 Å². The third-order valence-electron chi connectivity index (χ3n) is 3.25. The summed E-state index contributed by atoms with van der Waals surface area (Å²) in [7, 11) is 1.99. The summed E-state index contributed by atoms with van der Waals surface area (Å²) in [5, 5.41) is 7.96. The maximum absolute atomic E-state index is 4.44. The minimum Gasteiger partial charge on any atom is -0.312 e. The van der Waals surface area contributed by atoms with Crippen LogP contribution in [-0.4, -0.2) is 16.3 Å². The maximum Gasteiger partial charge on any atom is 0.0666 e. The standard InChI is InChI=1S/C13H25N3/c1-6-13-12(9-16(5)15-13)8-14-7-11(4)10(2)3/h9-11,14H,6-8H2,1-5H3. The molecular formula is C13H25N3. The van der Waals surface area contributed by atoms with Crippen molar-refractivity contribution in [2.45, 2.75) is 40.7 Å². The molecule has 0 saturated heterocycles. The van der Waals surface area contributed by atoms with Crippen molar-refractivity contribution in [2.24, 2.45) is 18.9 Å². The van der Waals surface area contributed by atoms with Gasteiger partial charge in [0, 0.05) is 25.4 Å². The molecule has 1 aromatic rings. The Labute approximate surface area is 99.2 Å². The zero-order valence-corrected chi connectivity index (χ0v) is 11.2. The molecule has 0 radical (unpaired) electrons. The van der Waals surface area contributed by atoms with Crippen LogP contribution < -0.4 is 5.32 Å². The number of aromatic nitrogens is 2. The second kappa shape index (κ2) is 6.04. The van der Waals surface area contributed by atoms with Gasteiger partial charge in [-0.25, -0.2) is 0 Å². The van der Waals surface area contributed by atoms with Crippen molar-refractivity contribution < 1.29 is 0 Å². The Morgan fingerprint density at radius 1 is 1.38 bits per heavy atom. The van der Waals surface area contributed by atoms with Gasteiger partial charge < -0.3 is 5.32 Å². The molecule has 1 N–H and O–H groups in total. The predicted molar refractivity (Wildman–Crippen MR) is 68.3 cm³/mol. The number of rotatable bonds is 6. The lowest BCUT2D eigenvalue weighted by Gasteiger charge is -2.15. The van der Waals surface area contributed by atoms with Crippen molar-refractivity contribution in [1.29, 1.82) is 0 Å². The van der Waals surface area contributed by atoms with Gasteiger partial charge in [-0.15, -0.1) is 0 Å². The molecule has 16 heavy (non-hydrogen) atoms. The van der Waals surface area contributed by atoms with Crippen molar-refractivity contribution in [3.05, 3.63) is 17.5 Å². The van der Waals surface area contributed by atoms with E-state index in [-0.39, 0.29) is 0 Å². The molecule has 3 heteroatoms. The van der Waals surface area contributed by atoms with E-state index in [1.807, 2.05) is 11.7 Å². The lowest BCUT2D eigenvalue weighted by atomic mass is 9.98. The van der Waals surface area contributed by atoms with Crippen molar-refractivity contribution in [3.8, 4) is 0 Å². The first-order chi connectivity index (χ1) is 7.54. The smallest absolute Gasteiger partial charge is 0.0666 e. The molecule has 1 heterocycles. The lowest BCUT2D eigenvalue weighted by molar-refractivity contribution is 0.392. The Morgan fingerprint density at radius 3 is 2.62 bits per heavy atom. The molecular weight excluding hydrogens is 198 g/mol. The summed E-state index contributed by atoms with van der Waals surface area (Å²) >= 11 is 0. The van der Waals surface area contributed by atoms with Gasteiger partial charge in [-0.3, -0.25) is 4.68 Å². The summed E-state index contributed by atoms with van der Waals surface area (Å²) in [5.41, 5.74) is 2.55. The van der Waals surface area contributed by atoms with Crippen LogP contribution in [0.5, 0.6) is 0 Å². The average Bonchev–Trinajstić information content (AvgIpc) is 2.58. The summed E-state index contributed by atoms with van der Waals surface area (Å²) < 4.78 is 1.90. The van der Waals surface area contributed by atoms with Crippen molar-refractivity contribution in [2.75, 3.05) is 6.54 Å². The molecule has 1 unspecified atom stereocenters. The fourth-order valence-corrected chi connectivity index (χ4v) is 1.70. The summed E-state index contributed by atoms with van der Waals surface area (Å²) in [4.78, 5) is 0. The number of hydrogen-bond donors (Lipinski definition) is 1. The molecule has 0 spiro atoms. The Bertz CT molecular complexity index is 315. The van der Waals surface area contributed by atoms with Gasteiger partial charge in [0.05, 0.1) is 5.69 Å². The second-order valence-electron chi connectivity index (χ2n) is 4.98. The van der Waals surface area contributed by atoms with Gasteiger partial charge in [0.25, 0.3) is 0 Å². The van der Waals surface area contributed by atoms with Crippen LogP contribution in [0.15, 0.2) is 6.20 Å². The van der Waals surface area contributed by atoms with E-state index in [9.17, 15) is 0 Å². The maximum atomic E-state index is 4.44. The summed E-state index contributed by atoms with van der Waals surface area (Å²) in [6.07, 6.45) is 3.13. The molecule has 1 rings (SSSR count). The zero-order chi connectivity index (χ0) is 12.1. The summed E-state index contributed by atoms with van der Waals surface area (Å²) in [5.74, 6) is 1.47. The highest BCUT2D eigenvalue weighted by atomic mass is 15.3. The fraction of sp³-hybridized carbons (Fsp3) is 0.769. The average molecular weight is 223 g/mol. The molecule has 3 nitrogen and oxygen atoms in total. The van der Waals surface area contributed by atoms with Crippen LogP contribution >= 0.6 is 0 Å². The van der Waals surface area contributed by atoms with E-state index in [1.165, 1.54) is 11.3 Å². The van der Waals surface area contributed by atoms with Crippen molar-refractivity contribution >= 4 is 0 Å². The molecule has 0 bridgehead atoms. The van der Waals surface area contributed by atoms with Crippen LogP contribution in [0.3, 0.4) is 0 Å². The van der Waals surface area contributed by atoms with Gasteiger partial charge in [-0.1, -0.05) is 27.7 Å². The first-order valence-electron chi connectivity index (χ1n) is 6.26. The minimum absolute atomic E-state index is 0.724. The van der Waals surface area contributed by atoms with Crippen molar-refractivity contribution in [3.63, 3.8) is 0 Å². The van der Waals surface area contributed by atoms with Crippen molar-refractivity contribution in [1.82, 2.24) is 15.1 Å². The molecule has 1 aromatic heterocycles. The summed E-state index contributed by atoms with van der Waals surface area (Å²) in [6, 6.07) is 0. The monoisotopic (exact) mass is 223 g/mol. The first kappa shape index (κ1) is 13.2. The van der Waals surface area contributed by atoms with Gasteiger partial charge in [0.15, 0.2) is 0 Å². The topological polar surface area (TPSA) is 29.9 Å². The van der Waals surface area contributed by atoms with E-state index in [1.54, 1.807) is 0 Å². The summed E-state index contributed by atoms with van der Waals surface area (Å²) in [6.45, 7) is 11.0. The van der Waals surface area contributed by atoms with Crippen LogP contribution in [0.1, 0.15) is 39.0 Å². The second-order valence-corrected chi connectivity index (χ2v) is 4.98. The number of nitrogens with zero attached hydrogens (tertiary/aromatic N) is 2.